The number of ether oxygens (including phenoxy) is 6. The second-order valence-corrected chi connectivity index (χ2v) is 24.9. The quantitative estimate of drug-likeness (QED) is 0.166. The van der Waals surface area contributed by atoms with Gasteiger partial charge in [0.05, 0.1) is 80.3 Å². The Hall–Kier alpha value is -4.57. The van der Waals surface area contributed by atoms with Gasteiger partial charge in [-0.05, 0) is 100 Å². The molecule has 19 heteroatoms. The van der Waals surface area contributed by atoms with Crippen LogP contribution in [0.5, 0.6) is 0 Å². The van der Waals surface area contributed by atoms with Gasteiger partial charge in [0.25, 0.3) is 11.8 Å². The number of fused-ring (bicyclic) bond motifs is 5. The van der Waals surface area contributed by atoms with E-state index in [1.165, 1.54) is 24.2 Å². The molecule has 10 fully saturated rings. The van der Waals surface area contributed by atoms with Gasteiger partial charge in [-0.2, -0.15) is 0 Å². The largest absolute Gasteiger partial charge is 0.464 e. The molecule has 7 saturated heterocycles. The lowest BCUT2D eigenvalue weighted by atomic mass is 9.72. The number of anilines is 1. The van der Waals surface area contributed by atoms with Crippen LogP contribution in [0.3, 0.4) is 0 Å². The number of methoxy groups -OCH3 is 1. The lowest BCUT2D eigenvalue weighted by Gasteiger charge is -2.53. The average Bonchev–Trinajstić information content (AvgIpc) is 3.68. The zero-order chi connectivity index (χ0) is 51.9. The number of nitrogens with one attached hydrogen (secondary N) is 2. The summed E-state index contributed by atoms with van der Waals surface area (Å²) in [6, 6.07) is 7.19. The van der Waals surface area contributed by atoms with Crippen LogP contribution in [0, 0.1) is 17.3 Å². The van der Waals surface area contributed by atoms with Gasteiger partial charge in [0.15, 0.2) is 0 Å². The Kier molecular flexibility index (Phi) is 13.8. The number of carbonyl (C=O) groups excluding carboxylic acids is 3. The predicted octanol–water partition coefficient (Wildman–Crippen LogP) is 5.67. The van der Waals surface area contributed by atoms with Gasteiger partial charge in [-0.25, -0.2) is 10.4 Å². The average molecular weight is 1060 g/mol. The van der Waals surface area contributed by atoms with Gasteiger partial charge in [0, 0.05) is 111 Å². The molecule has 3 saturated carbocycles. The molecule has 4 atom stereocenters. The zero-order valence-corrected chi connectivity index (χ0v) is 45.5. The summed E-state index contributed by atoms with van der Waals surface area (Å²) in [5, 5.41) is 8.80. The Labute approximate surface area is 449 Å². The molecule has 10 bridgehead atoms. The molecular formula is C57H75N9O9S. The molecule has 0 unspecified atom stereocenters. The molecular weight excluding hydrogens is 987 g/mol. The topological polar surface area (TPSA) is 174 Å². The summed E-state index contributed by atoms with van der Waals surface area (Å²) in [7, 11) is 1.75. The minimum atomic E-state index is -1.04. The van der Waals surface area contributed by atoms with Crippen molar-refractivity contribution in [2.45, 2.75) is 133 Å². The molecule has 2 N–H and O–H groups in total. The first-order chi connectivity index (χ1) is 36.9. The molecule has 11 heterocycles. The van der Waals surface area contributed by atoms with Crippen LogP contribution >= 0.6 is 11.3 Å². The van der Waals surface area contributed by atoms with Crippen LogP contribution in [0.15, 0.2) is 35.8 Å². The molecule has 2 amide bonds. The molecule has 11 aliphatic rings. The molecule has 3 aromatic heterocycles. The number of benzene rings is 1. The van der Waals surface area contributed by atoms with E-state index in [4.69, 9.17) is 38.4 Å². The monoisotopic (exact) mass is 1060 g/mol. The maximum absolute atomic E-state index is 15.5. The fourth-order valence-corrected chi connectivity index (χ4v) is 14.6. The van der Waals surface area contributed by atoms with Crippen LogP contribution in [0.4, 0.5) is 5.69 Å². The van der Waals surface area contributed by atoms with Crippen molar-refractivity contribution in [3.05, 3.63) is 52.1 Å². The van der Waals surface area contributed by atoms with E-state index in [9.17, 15) is 9.59 Å². The van der Waals surface area contributed by atoms with Crippen LogP contribution in [0.25, 0.3) is 33.4 Å². The minimum absolute atomic E-state index is 0.0153. The van der Waals surface area contributed by atoms with Crippen LogP contribution in [-0.2, 0) is 55.8 Å². The lowest BCUT2D eigenvalue weighted by Crippen LogP contribution is -2.72. The summed E-state index contributed by atoms with van der Waals surface area (Å²) in [4.78, 5) is 62.7. The summed E-state index contributed by atoms with van der Waals surface area (Å²) in [6.45, 7) is 15.6. The Morgan fingerprint density at radius 3 is 2.47 bits per heavy atom. The zero-order valence-electron chi connectivity index (χ0n) is 44.6. The molecule has 3 aliphatic carbocycles. The number of hydrogen-bond donors (Lipinski definition) is 2. The van der Waals surface area contributed by atoms with Crippen molar-refractivity contribution >= 4 is 45.7 Å². The second kappa shape index (κ2) is 20.6. The van der Waals surface area contributed by atoms with Gasteiger partial charge in [-0.1, -0.05) is 19.9 Å². The number of amides is 2. The fraction of sp³-hybridized carbons (Fsp3) is 0.667. The van der Waals surface area contributed by atoms with Crippen molar-refractivity contribution < 1.29 is 42.8 Å². The fourth-order valence-electron chi connectivity index (χ4n) is 13.6. The third kappa shape index (κ3) is 9.56. The van der Waals surface area contributed by atoms with Crippen LogP contribution in [0.2, 0.25) is 0 Å². The van der Waals surface area contributed by atoms with E-state index in [1.54, 1.807) is 12.1 Å². The number of thiazole rings is 1. The van der Waals surface area contributed by atoms with E-state index >= 15 is 4.79 Å². The number of esters is 1. The van der Waals surface area contributed by atoms with E-state index < -0.39 is 29.1 Å². The third-order valence-electron chi connectivity index (χ3n) is 18.3. The maximum atomic E-state index is 15.5. The SMILES string of the molecule is CO[C@@H](C)c1ncc(N2CCN(C3CC3)CC2)cc1-c1c2c3cc(ccc3n1CCOC1CCOCC1)-c1csc(n1)[C@@H](N1CCOCC1)[C@H](NC(=O)C13CC(CO1)C3)C(=O)N1N[C@H](C(=O)OCC(C)(C)C2)C2CC1C2. The molecule has 1 aromatic carbocycles. The van der Waals surface area contributed by atoms with Crippen LogP contribution < -0.4 is 15.6 Å². The normalized spacial score (nSPS) is 30.6. The Morgan fingerprint density at radius 2 is 1.74 bits per heavy atom. The highest BCUT2D eigenvalue weighted by Crippen LogP contribution is 2.50. The summed E-state index contributed by atoms with van der Waals surface area (Å²) in [5.74, 6) is -0.580. The minimum Gasteiger partial charge on any atom is -0.464 e. The Morgan fingerprint density at radius 1 is 0.961 bits per heavy atom. The van der Waals surface area contributed by atoms with E-state index in [2.05, 4.69) is 80.4 Å². The van der Waals surface area contributed by atoms with Crippen LogP contribution in [-0.4, -0.2) is 176 Å². The number of aromatic nitrogens is 3. The van der Waals surface area contributed by atoms with Gasteiger partial charge >= 0.3 is 5.97 Å². The Balaban J connectivity index is 0.959. The van der Waals surface area contributed by atoms with Gasteiger partial charge in [0.2, 0.25) is 0 Å². The second-order valence-electron chi connectivity index (χ2n) is 24.0. The lowest BCUT2D eigenvalue weighted by molar-refractivity contribution is -0.173. The predicted molar refractivity (Wildman–Crippen MR) is 285 cm³/mol. The molecule has 18 nitrogen and oxygen atoms in total. The van der Waals surface area contributed by atoms with Crippen molar-refractivity contribution in [1.82, 2.24) is 40.1 Å². The Bertz CT molecular complexity index is 2810. The van der Waals surface area contributed by atoms with Crippen molar-refractivity contribution in [2.24, 2.45) is 17.3 Å². The van der Waals surface area contributed by atoms with E-state index in [0.29, 0.717) is 97.3 Å². The number of hydrogen-bond acceptors (Lipinski definition) is 16. The highest BCUT2D eigenvalue weighted by atomic mass is 32.1. The summed E-state index contributed by atoms with van der Waals surface area (Å²) < 4.78 is 39.4. The molecule has 15 rings (SSSR count). The first kappa shape index (κ1) is 50.9. The maximum Gasteiger partial charge on any atom is 0.325 e. The number of rotatable bonds is 12. The van der Waals surface area contributed by atoms with Gasteiger partial charge < -0.3 is 43.2 Å². The number of hydrazine groups is 1. The van der Waals surface area contributed by atoms with Gasteiger partial charge in [0.1, 0.15) is 22.7 Å². The highest BCUT2D eigenvalue weighted by molar-refractivity contribution is 7.10. The van der Waals surface area contributed by atoms with Crippen molar-refractivity contribution in [1.29, 1.82) is 0 Å². The number of pyridine rings is 1. The van der Waals surface area contributed by atoms with E-state index in [0.717, 1.165) is 100 Å². The molecule has 4 aromatic rings. The summed E-state index contributed by atoms with van der Waals surface area (Å²) in [5.41, 5.74) is 9.80. The first-order valence-corrected chi connectivity index (χ1v) is 29.2. The number of morpholine rings is 1. The van der Waals surface area contributed by atoms with Crippen molar-refractivity contribution in [2.75, 3.05) is 97.5 Å². The van der Waals surface area contributed by atoms with Gasteiger partial charge in [-0.15, -0.1) is 11.3 Å². The smallest absolute Gasteiger partial charge is 0.325 e. The molecule has 8 aliphatic heterocycles. The van der Waals surface area contributed by atoms with E-state index in [1.807, 2.05) is 6.20 Å². The van der Waals surface area contributed by atoms with Crippen molar-refractivity contribution in [3.8, 4) is 22.5 Å². The number of piperazine rings is 1. The molecule has 408 valence electrons. The molecule has 0 spiro atoms. The third-order valence-corrected chi connectivity index (χ3v) is 19.2. The molecule has 76 heavy (non-hydrogen) atoms. The van der Waals surface area contributed by atoms with E-state index in [-0.39, 0.29) is 48.6 Å². The highest BCUT2D eigenvalue weighted by Gasteiger charge is 2.59. The number of nitrogens with zero attached hydrogens (tertiary/aromatic N) is 7. The summed E-state index contributed by atoms with van der Waals surface area (Å²) >= 11 is 1.51. The number of carbonyl (C=O) groups is 3. The number of cyclic esters (lactones) is 1. The van der Waals surface area contributed by atoms with Crippen molar-refractivity contribution in [3.63, 3.8) is 0 Å². The molecule has 0 radical (unpaired) electrons. The van der Waals surface area contributed by atoms with Gasteiger partial charge in [-0.3, -0.25) is 34.2 Å². The van der Waals surface area contributed by atoms with Crippen LogP contribution in [0.1, 0.15) is 101 Å². The summed E-state index contributed by atoms with van der Waals surface area (Å²) in [6.07, 6.45) is 9.34. The standard InChI is InChI=1S/C57H75N9O9S/c1-34(70-4)47-43(26-40(30-58-47)63-13-11-62(12-14-63)38-6-7-38)50-44-29-56(2,3)33-74-54(68)48-37-23-39(24-37)66(61-48)53(67)49(60-55(69)57-27-35(28-57)31-75-57)51(64-15-20-72-21-16-64)52-59-45(32-76-52)36-5-8-46(42(44)25-36)65(50)17-22-73-41-9-18-71-19-10-41/h5,8,25-26,30,32,34-35,37-39,41,48-49,51,61H,6-7,9-24,27-29,31,33H2,1-4H3,(H,60,69)/t34-,35?,37?,39?,48-,49-,51-,57?/m0/s1. The first-order valence-electron chi connectivity index (χ1n) is 28.3.